The molecule has 4 rings (SSSR count). The van der Waals surface area contributed by atoms with Crippen molar-refractivity contribution in [3.8, 4) is 11.5 Å². The van der Waals surface area contributed by atoms with E-state index in [1.165, 1.54) is 5.69 Å². The first-order valence-corrected chi connectivity index (χ1v) is 10.3. The van der Waals surface area contributed by atoms with Gasteiger partial charge in [0.15, 0.2) is 0 Å². The first-order valence-electron chi connectivity index (χ1n) is 10.3. The monoisotopic (exact) mass is 402 g/mol. The predicted molar refractivity (Wildman–Crippen MR) is 118 cm³/mol. The van der Waals surface area contributed by atoms with Gasteiger partial charge in [-0.25, -0.2) is 0 Å². The molecule has 0 bridgehead atoms. The van der Waals surface area contributed by atoms with Crippen molar-refractivity contribution in [2.75, 3.05) is 31.1 Å². The largest absolute Gasteiger partial charge is 0.480 e. The zero-order chi connectivity index (χ0) is 20.8. The van der Waals surface area contributed by atoms with E-state index in [1.807, 2.05) is 72.8 Å². The van der Waals surface area contributed by atoms with Crippen molar-refractivity contribution in [1.82, 2.24) is 4.90 Å². The van der Waals surface area contributed by atoms with Gasteiger partial charge in [0.05, 0.1) is 0 Å². The average molecular weight is 402 g/mol. The summed E-state index contributed by atoms with van der Waals surface area (Å²) in [5, 5.41) is 9.84. The number of carboxylic acid groups (broad SMARTS) is 1. The average Bonchev–Trinajstić information content (AvgIpc) is 2.80. The number of rotatable bonds is 7. The number of carboxylic acids is 1. The second kappa shape index (κ2) is 9.46. The summed E-state index contributed by atoms with van der Waals surface area (Å²) in [5.74, 6) is 0.756. The van der Waals surface area contributed by atoms with E-state index in [9.17, 15) is 9.90 Å². The Morgan fingerprint density at radius 1 is 0.800 bits per heavy atom. The second-order valence-electron chi connectivity index (χ2n) is 7.48. The van der Waals surface area contributed by atoms with E-state index in [0.717, 1.165) is 43.2 Å². The summed E-state index contributed by atoms with van der Waals surface area (Å²) < 4.78 is 5.82. The molecule has 3 aromatic rings. The lowest BCUT2D eigenvalue weighted by Gasteiger charge is -2.38. The van der Waals surface area contributed by atoms with Crippen LogP contribution >= 0.6 is 0 Å². The van der Waals surface area contributed by atoms with E-state index in [-0.39, 0.29) is 0 Å². The van der Waals surface area contributed by atoms with Gasteiger partial charge in [0.25, 0.3) is 0 Å². The molecule has 1 N–H and O–H groups in total. The fourth-order valence-corrected chi connectivity index (χ4v) is 3.84. The second-order valence-corrected chi connectivity index (χ2v) is 7.48. The molecule has 1 fully saturated rings. The van der Waals surface area contributed by atoms with Crippen molar-refractivity contribution in [3.63, 3.8) is 0 Å². The quantitative estimate of drug-likeness (QED) is 0.639. The number of para-hydroxylation sites is 2. The molecule has 3 aromatic carbocycles. The van der Waals surface area contributed by atoms with Crippen LogP contribution in [0.15, 0.2) is 84.9 Å². The van der Waals surface area contributed by atoms with Crippen molar-refractivity contribution in [2.24, 2.45) is 0 Å². The molecule has 0 radical (unpaired) electrons. The molecule has 0 aromatic heterocycles. The summed E-state index contributed by atoms with van der Waals surface area (Å²) in [6, 6.07) is 27.1. The maximum atomic E-state index is 12.0. The standard InChI is InChI=1S/C25H26N2O3/c28-25(29)24(27-17-15-26(16-18-27)21-7-3-1-4-8-21)19-20-11-13-23(14-12-20)30-22-9-5-2-6-10-22/h1-14,24H,15-19H2,(H,28,29). The number of hydrogen-bond donors (Lipinski definition) is 1. The molecule has 1 aliphatic rings. The zero-order valence-corrected chi connectivity index (χ0v) is 16.9. The van der Waals surface area contributed by atoms with Crippen LogP contribution in [0.5, 0.6) is 11.5 Å². The molecule has 0 amide bonds. The topological polar surface area (TPSA) is 53.0 Å². The van der Waals surface area contributed by atoms with Gasteiger partial charge in [-0.05, 0) is 48.4 Å². The molecule has 1 heterocycles. The predicted octanol–water partition coefficient (Wildman–Crippen LogP) is 4.30. The highest BCUT2D eigenvalue weighted by Crippen LogP contribution is 2.23. The third-order valence-electron chi connectivity index (χ3n) is 5.49. The van der Waals surface area contributed by atoms with Crippen LogP contribution < -0.4 is 9.64 Å². The number of benzene rings is 3. The normalized spacial score (nSPS) is 15.5. The van der Waals surface area contributed by atoms with E-state index < -0.39 is 12.0 Å². The van der Waals surface area contributed by atoms with Crippen molar-refractivity contribution in [2.45, 2.75) is 12.5 Å². The van der Waals surface area contributed by atoms with E-state index in [4.69, 9.17) is 4.74 Å². The van der Waals surface area contributed by atoms with Crippen LogP contribution in [-0.4, -0.2) is 48.2 Å². The minimum atomic E-state index is -0.771. The van der Waals surface area contributed by atoms with Crippen LogP contribution in [0.25, 0.3) is 0 Å². The number of carbonyl (C=O) groups is 1. The Balaban J connectivity index is 1.36. The Kier molecular flexibility index (Phi) is 6.30. The summed E-state index contributed by atoms with van der Waals surface area (Å²) >= 11 is 0. The van der Waals surface area contributed by atoms with E-state index in [2.05, 4.69) is 21.9 Å². The van der Waals surface area contributed by atoms with Gasteiger partial charge in [-0.2, -0.15) is 0 Å². The Morgan fingerprint density at radius 2 is 1.37 bits per heavy atom. The van der Waals surface area contributed by atoms with E-state index in [1.54, 1.807) is 0 Å². The summed E-state index contributed by atoms with van der Waals surface area (Å²) in [6.07, 6.45) is 0.478. The summed E-state index contributed by atoms with van der Waals surface area (Å²) in [6.45, 7) is 3.14. The Labute approximate surface area is 177 Å². The molecule has 1 saturated heterocycles. The Hall–Kier alpha value is -3.31. The molecule has 5 nitrogen and oxygen atoms in total. The van der Waals surface area contributed by atoms with E-state index >= 15 is 0 Å². The highest BCUT2D eigenvalue weighted by molar-refractivity contribution is 5.74. The first-order chi connectivity index (χ1) is 14.7. The third kappa shape index (κ3) is 4.99. The molecular formula is C25H26N2O3. The minimum Gasteiger partial charge on any atom is -0.480 e. The number of aliphatic carboxylic acids is 1. The summed E-state index contributed by atoms with van der Waals surface area (Å²) in [5.41, 5.74) is 2.19. The number of piperazine rings is 1. The molecule has 0 spiro atoms. The first kappa shape index (κ1) is 20.0. The highest BCUT2D eigenvalue weighted by Gasteiger charge is 2.29. The molecule has 30 heavy (non-hydrogen) atoms. The molecule has 154 valence electrons. The van der Waals surface area contributed by atoms with Gasteiger partial charge in [-0.3, -0.25) is 9.69 Å². The molecule has 1 aliphatic heterocycles. The van der Waals surface area contributed by atoms with Gasteiger partial charge in [0.1, 0.15) is 17.5 Å². The third-order valence-corrected chi connectivity index (χ3v) is 5.49. The van der Waals surface area contributed by atoms with Crippen LogP contribution in [0.4, 0.5) is 5.69 Å². The van der Waals surface area contributed by atoms with E-state index in [0.29, 0.717) is 6.42 Å². The van der Waals surface area contributed by atoms with Crippen LogP contribution in [0, 0.1) is 0 Å². The maximum Gasteiger partial charge on any atom is 0.321 e. The van der Waals surface area contributed by atoms with Gasteiger partial charge in [-0.15, -0.1) is 0 Å². The molecule has 5 heteroatoms. The van der Waals surface area contributed by atoms with Gasteiger partial charge in [0, 0.05) is 31.9 Å². The maximum absolute atomic E-state index is 12.0. The van der Waals surface area contributed by atoms with Crippen molar-refractivity contribution in [1.29, 1.82) is 0 Å². The van der Waals surface area contributed by atoms with Crippen LogP contribution in [-0.2, 0) is 11.2 Å². The van der Waals surface area contributed by atoms with Crippen molar-refractivity contribution in [3.05, 3.63) is 90.5 Å². The zero-order valence-electron chi connectivity index (χ0n) is 16.9. The number of hydrogen-bond acceptors (Lipinski definition) is 4. The van der Waals surface area contributed by atoms with Crippen LogP contribution in [0.3, 0.4) is 0 Å². The molecule has 1 unspecified atom stereocenters. The molecule has 0 saturated carbocycles. The molecule has 1 atom stereocenters. The summed E-state index contributed by atoms with van der Waals surface area (Å²) in [7, 11) is 0. The molecular weight excluding hydrogens is 376 g/mol. The lowest BCUT2D eigenvalue weighted by atomic mass is 10.0. The SMILES string of the molecule is O=C(O)C(Cc1ccc(Oc2ccccc2)cc1)N1CCN(c2ccccc2)CC1. The van der Waals surface area contributed by atoms with Crippen molar-refractivity contribution < 1.29 is 14.6 Å². The smallest absolute Gasteiger partial charge is 0.321 e. The lowest BCUT2D eigenvalue weighted by Crippen LogP contribution is -2.53. The highest BCUT2D eigenvalue weighted by atomic mass is 16.5. The summed E-state index contributed by atoms with van der Waals surface area (Å²) in [4.78, 5) is 16.4. The fraction of sp³-hybridized carbons (Fsp3) is 0.240. The van der Waals surface area contributed by atoms with Crippen molar-refractivity contribution >= 4 is 11.7 Å². The van der Waals surface area contributed by atoms with Crippen LogP contribution in [0.2, 0.25) is 0 Å². The minimum absolute atomic E-state index is 0.478. The number of ether oxygens (including phenoxy) is 1. The number of nitrogens with zero attached hydrogens (tertiary/aromatic N) is 2. The van der Waals surface area contributed by atoms with Gasteiger partial charge in [-0.1, -0.05) is 48.5 Å². The number of anilines is 1. The van der Waals surface area contributed by atoms with Gasteiger partial charge in [0.2, 0.25) is 0 Å². The molecule has 0 aliphatic carbocycles. The van der Waals surface area contributed by atoms with Crippen LogP contribution in [0.1, 0.15) is 5.56 Å². The Morgan fingerprint density at radius 3 is 1.97 bits per heavy atom. The fourth-order valence-electron chi connectivity index (χ4n) is 3.84. The van der Waals surface area contributed by atoms with Gasteiger partial charge < -0.3 is 14.7 Å². The van der Waals surface area contributed by atoms with Gasteiger partial charge >= 0.3 is 5.97 Å². The Bertz CT molecular complexity index is 937. The lowest BCUT2D eigenvalue weighted by molar-refractivity contribution is -0.143.